The SMILES string of the molecule is CCc1ccc2oc(-c3ccccc3)c(OC)c(=O)c2c1. The summed E-state index contributed by atoms with van der Waals surface area (Å²) < 4.78 is 11.2. The summed E-state index contributed by atoms with van der Waals surface area (Å²) >= 11 is 0. The maximum Gasteiger partial charge on any atom is 0.235 e. The molecule has 0 spiro atoms. The molecule has 2 aromatic carbocycles. The van der Waals surface area contributed by atoms with Gasteiger partial charge in [-0.2, -0.15) is 0 Å². The third-order valence-electron chi connectivity index (χ3n) is 3.56. The van der Waals surface area contributed by atoms with Crippen LogP contribution in [0, 0.1) is 0 Å². The first kappa shape index (κ1) is 13.4. The van der Waals surface area contributed by atoms with Crippen molar-refractivity contribution in [1.29, 1.82) is 0 Å². The highest BCUT2D eigenvalue weighted by molar-refractivity contribution is 5.82. The Morgan fingerprint density at radius 3 is 2.52 bits per heavy atom. The molecule has 0 saturated carbocycles. The summed E-state index contributed by atoms with van der Waals surface area (Å²) in [4.78, 5) is 12.6. The Labute approximate surface area is 122 Å². The second-order valence-corrected chi connectivity index (χ2v) is 4.84. The minimum Gasteiger partial charge on any atom is -0.490 e. The fourth-order valence-corrected chi connectivity index (χ4v) is 2.41. The van der Waals surface area contributed by atoms with Crippen LogP contribution in [0.25, 0.3) is 22.3 Å². The molecule has 1 heterocycles. The molecule has 3 rings (SSSR count). The third-order valence-corrected chi connectivity index (χ3v) is 3.56. The van der Waals surface area contributed by atoms with Crippen molar-refractivity contribution in [2.75, 3.05) is 7.11 Å². The molecule has 0 unspecified atom stereocenters. The monoisotopic (exact) mass is 280 g/mol. The minimum absolute atomic E-state index is 0.132. The Hall–Kier alpha value is -2.55. The van der Waals surface area contributed by atoms with E-state index in [4.69, 9.17) is 9.15 Å². The molecule has 0 aliphatic rings. The average molecular weight is 280 g/mol. The van der Waals surface area contributed by atoms with Gasteiger partial charge in [-0.05, 0) is 24.1 Å². The highest BCUT2D eigenvalue weighted by atomic mass is 16.5. The first-order valence-electron chi connectivity index (χ1n) is 6.93. The first-order valence-corrected chi connectivity index (χ1v) is 6.93. The van der Waals surface area contributed by atoms with Gasteiger partial charge in [-0.1, -0.05) is 43.3 Å². The van der Waals surface area contributed by atoms with Crippen molar-refractivity contribution >= 4 is 11.0 Å². The number of methoxy groups -OCH3 is 1. The van der Waals surface area contributed by atoms with E-state index in [1.54, 1.807) is 0 Å². The van der Waals surface area contributed by atoms with Crippen molar-refractivity contribution in [3.8, 4) is 17.1 Å². The van der Waals surface area contributed by atoms with Crippen molar-refractivity contribution in [3.63, 3.8) is 0 Å². The maximum absolute atomic E-state index is 12.6. The Kier molecular flexibility index (Phi) is 3.48. The average Bonchev–Trinajstić information content (AvgIpc) is 2.55. The lowest BCUT2D eigenvalue weighted by molar-refractivity contribution is 0.398. The van der Waals surface area contributed by atoms with Gasteiger partial charge in [0.05, 0.1) is 12.5 Å². The zero-order valence-electron chi connectivity index (χ0n) is 12.1. The van der Waals surface area contributed by atoms with Crippen LogP contribution < -0.4 is 10.2 Å². The van der Waals surface area contributed by atoms with Crippen LogP contribution >= 0.6 is 0 Å². The highest BCUT2D eigenvalue weighted by Crippen LogP contribution is 2.30. The van der Waals surface area contributed by atoms with Crippen LogP contribution in [0.15, 0.2) is 57.7 Å². The quantitative estimate of drug-likeness (QED) is 0.727. The second kappa shape index (κ2) is 5.44. The van der Waals surface area contributed by atoms with E-state index >= 15 is 0 Å². The van der Waals surface area contributed by atoms with E-state index in [0.717, 1.165) is 17.5 Å². The molecule has 0 aliphatic carbocycles. The molecule has 0 N–H and O–H groups in total. The Balaban J connectivity index is 2.34. The van der Waals surface area contributed by atoms with Gasteiger partial charge in [0, 0.05) is 5.56 Å². The molecular formula is C18H16O3. The van der Waals surface area contributed by atoms with Crippen LogP contribution in [0.2, 0.25) is 0 Å². The number of aryl methyl sites for hydroxylation is 1. The Morgan fingerprint density at radius 1 is 1.10 bits per heavy atom. The zero-order valence-corrected chi connectivity index (χ0v) is 12.1. The summed E-state index contributed by atoms with van der Waals surface area (Å²) in [5.74, 6) is 0.724. The molecule has 0 fully saturated rings. The smallest absolute Gasteiger partial charge is 0.235 e. The lowest BCUT2D eigenvalue weighted by Crippen LogP contribution is -2.08. The summed E-state index contributed by atoms with van der Waals surface area (Å²) in [5, 5.41) is 0.561. The topological polar surface area (TPSA) is 39.4 Å². The van der Waals surface area contributed by atoms with E-state index in [1.165, 1.54) is 7.11 Å². The normalized spacial score (nSPS) is 10.8. The van der Waals surface area contributed by atoms with Crippen molar-refractivity contribution in [3.05, 3.63) is 64.3 Å². The molecule has 3 nitrogen and oxygen atoms in total. The van der Waals surface area contributed by atoms with Crippen LogP contribution in [-0.4, -0.2) is 7.11 Å². The fraction of sp³-hybridized carbons (Fsp3) is 0.167. The van der Waals surface area contributed by atoms with Crippen LogP contribution in [0.5, 0.6) is 5.75 Å². The Bertz CT molecular complexity index is 832. The standard InChI is InChI=1S/C18H16O3/c1-3-12-9-10-15-14(11-12)16(19)18(20-2)17(21-15)13-7-5-4-6-8-13/h4-11H,3H2,1-2H3. The van der Waals surface area contributed by atoms with Gasteiger partial charge in [0.15, 0.2) is 5.76 Å². The van der Waals surface area contributed by atoms with Gasteiger partial charge in [-0.3, -0.25) is 4.79 Å². The van der Waals surface area contributed by atoms with Crippen molar-refractivity contribution in [2.24, 2.45) is 0 Å². The molecule has 0 aliphatic heterocycles. The largest absolute Gasteiger partial charge is 0.490 e. The van der Waals surface area contributed by atoms with Crippen LogP contribution in [-0.2, 0) is 6.42 Å². The van der Waals surface area contributed by atoms with E-state index in [0.29, 0.717) is 16.7 Å². The van der Waals surface area contributed by atoms with Gasteiger partial charge >= 0.3 is 0 Å². The second-order valence-electron chi connectivity index (χ2n) is 4.84. The Morgan fingerprint density at radius 2 is 1.86 bits per heavy atom. The fourth-order valence-electron chi connectivity index (χ4n) is 2.41. The zero-order chi connectivity index (χ0) is 14.8. The number of ether oxygens (including phenoxy) is 1. The number of rotatable bonds is 3. The minimum atomic E-state index is -0.132. The molecule has 0 bridgehead atoms. The molecule has 106 valence electrons. The van der Waals surface area contributed by atoms with Gasteiger partial charge in [0.25, 0.3) is 0 Å². The van der Waals surface area contributed by atoms with Crippen molar-refractivity contribution < 1.29 is 9.15 Å². The van der Waals surface area contributed by atoms with Gasteiger partial charge in [0.1, 0.15) is 5.58 Å². The summed E-state index contributed by atoms with van der Waals surface area (Å²) in [6.45, 7) is 2.05. The molecule has 0 atom stereocenters. The third kappa shape index (κ3) is 2.31. The number of hydrogen-bond acceptors (Lipinski definition) is 3. The van der Waals surface area contributed by atoms with Crippen molar-refractivity contribution in [1.82, 2.24) is 0 Å². The predicted molar refractivity (Wildman–Crippen MR) is 83.9 cm³/mol. The van der Waals surface area contributed by atoms with Crippen LogP contribution in [0.1, 0.15) is 12.5 Å². The van der Waals surface area contributed by atoms with Gasteiger partial charge in [-0.15, -0.1) is 0 Å². The summed E-state index contributed by atoms with van der Waals surface area (Å²) in [6.07, 6.45) is 0.873. The lowest BCUT2D eigenvalue weighted by atomic mass is 10.1. The number of hydrogen-bond donors (Lipinski definition) is 0. The van der Waals surface area contributed by atoms with E-state index in [9.17, 15) is 4.79 Å². The van der Waals surface area contributed by atoms with Crippen LogP contribution in [0.3, 0.4) is 0 Å². The summed E-state index contributed by atoms with van der Waals surface area (Å²) in [5.41, 5.74) is 2.38. The van der Waals surface area contributed by atoms with Crippen LogP contribution in [0.4, 0.5) is 0 Å². The lowest BCUT2D eigenvalue weighted by Gasteiger charge is -2.09. The molecular weight excluding hydrogens is 264 g/mol. The first-order chi connectivity index (χ1) is 10.2. The van der Waals surface area contributed by atoms with E-state index in [-0.39, 0.29) is 11.2 Å². The molecule has 0 saturated heterocycles. The van der Waals surface area contributed by atoms with Crippen molar-refractivity contribution in [2.45, 2.75) is 13.3 Å². The van der Waals surface area contributed by atoms with E-state index < -0.39 is 0 Å². The molecule has 0 amide bonds. The summed E-state index contributed by atoms with van der Waals surface area (Å²) in [6, 6.07) is 15.2. The molecule has 3 aromatic rings. The number of fused-ring (bicyclic) bond motifs is 1. The van der Waals surface area contributed by atoms with Gasteiger partial charge < -0.3 is 9.15 Å². The molecule has 1 aromatic heterocycles. The molecule has 21 heavy (non-hydrogen) atoms. The van der Waals surface area contributed by atoms with E-state index in [1.807, 2.05) is 48.5 Å². The number of benzene rings is 2. The maximum atomic E-state index is 12.6. The van der Waals surface area contributed by atoms with Gasteiger partial charge in [-0.25, -0.2) is 0 Å². The molecule has 3 heteroatoms. The van der Waals surface area contributed by atoms with E-state index in [2.05, 4.69) is 6.92 Å². The predicted octanol–water partition coefficient (Wildman–Crippen LogP) is 4.03. The molecule has 0 radical (unpaired) electrons. The highest BCUT2D eigenvalue weighted by Gasteiger charge is 2.16. The van der Waals surface area contributed by atoms with Gasteiger partial charge in [0.2, 0.25) is 11.2 Å². The summed E-state index contributed by atoms with van der Waals surface area (Å²) in [7, 11) is 1.49.